The van der Waals surface area contributed by atoms with Crippen molar-refractivity contribution >= 4 is 28.2 Å². The number of halogens is 1. The van der Waals surface area contributed by atoms with Crippen molar-refractivity contribution in [2.24, 2.45) is 0 Å². The van der Waals surface area contributed by atoms with Crippen LogP contribution in [0.2, 0.25) is 5.02 Å². The second-order valence-electron chi connectivity index (χ2n) is 7.20. The van der Waals surface area contributed by atoms with E-state index in [4.69, 9.17) is 16.1 Å². The van der Waals surface area contributed by atoms with Crippen LogP contribution in [0.25, 0.3) is 28.1 Å². The molecule has 8 nitrogen and oxygen atoms in total. The van der Waals surface area contributed by atoms with Crippen LogP contribution in [-0.2, 0) is 5.60 Å². The van der Waals surface area contributed by atoms with E-state index in [-0.39, 0.29) is 23.3 Å². The Morgan fingerprint density at radius 2 is 2.00 bits per heavy atom. The molecule has 0 aliphatic rings. The van der Waals surface area contributed by atoms with E-state index in [1.807, 2.05) is 19.9 Å². The monoisotopic (exact) mass is 387 g/mol. The highest BCUT2D eigenvalue weighted by molar-refractivity contribution is 6.31. The van der Waals surface area contributed by atoms with E-state index in [1.54, 1.807) is 41.3 Å². The third kappa shape index (κ3) is 2.72. The molecule has 3 heterocycles. The molecule has 27 heavy (non-hydrogen) atoms. The summed E-state index contributed by atoms with van der Waals surface area (Å²) >= 11 is 6.15. The van der Waals surface area contributed by atoms with Crippen molar-refractivity contribution in [3.63, 3.8) is 0 Å². The van der Waals surface area contributed by atoms with Crippen LogP contribution in [0.15, 0.2) is 33.8 Å². The summed E-state index contributed by atoms with van der Waals surface area (Å²) in [5, 5.41) is 14.5. The normalized spacial score (nSPS) is 12.6. The molecule has 3 aromatic heterocycles. The summed E-state index contributed by atoms with van der Waals surface area (Å²) in [6, 6.07) is 5.27. The van der Waals surface area contributed by atoms with Crippen molar-refractivity contribution in [1.82, 2.24) is 24.1 Å². The van der Waals surface area contributed by atoms with Crippen molar-refractivity contribution in [2.75, 3.05) is 0 Å². The molecule has 0 aliphatic carbocycles. The topological polar surface area (TPSA) is 98.5 Å². The molecule has 0 amide bonds. The lowest BCUT2D eigenvalue weighted by atomic mass is 10.1. The van der Waals surface area contributed by atoms with Crippen molar-refractivity contribution < 1.29 is 9.63 Å². The summed E-state index contributed by atoms with van der Waals surface area (Å²) in [6.07, 6.45) is 1.55. The average molecular weight is 388 g/mol. The minimum absolute atomic E-state index is 0.0513. The molecule has 9 heteroatoms. The van der Waals surface area contributed by atoms with Gasteiger partial charge in [0.15, 0.2) is 0 Å². The van der Waals surface area contributed by atoms with Gasteiger partial charge in [0.1, 0.15) is 23.1 Å². The number of fused-ring (bicyclic) bond motifs is 3. The van der Waals surface area contributed by atoms with E-state index in [0.29, 0.717) is 21.7 Å². The average Bonchev–Trinajstić information content (AvgIpc) is 3.21. The fourth-order valence-corrected chi connectivity index (χ4v) is 3.26. The second kappa shape index (κ2) is 5.90. The van der Waals surface area contributed by atoms with Gasteiger partial charge in [-0.1, -0.05) is 16.8 Å². The SMILES string of the molecule is CC(C)n1c(=O)c2c(-c3noc(C(C)(C)O)n3)ncn2c2ccc(Cl)cc21. The molecule has 0 bridgehead atoms. The van der Waals surface area contributed by atoms with Crippen molar-refractivity contribution in [3.8, 4) is 11.5 Å². The van der Waals surface area contributed by atoms with Gasteiger partial charge in [-0.05, 0) is 45.9 Å². The Morgan fingerprint density at radius 1 is 1.26 bits per heavy atom. The molecule has 0 radical (unpaired) electrons. The van der Waals surface area contributed by atoms with E-state index in [0.717, 1.165) is 5.52 Å². The first-order valence-corrected chi connectivity index (χ1v) is 8.84. The molecule has 0 spiro atoms. The molecule has 0 fully saturated rings. The molecule has 0 atom stereocenters. The lowest BCUT2D eigenvalue weighted by Crippen LogP contribution is -2.24. The van der Waals surface area contributed by atoms with E-state index in [2.05, 4.69) is 15.1 Å². The summed E-state index contributed by atoms with van der Waals surface area (Å²) in [6.45, 7) is 6.93. The van der Waals surface area contributed by atoms with Gasteiger partial charge in [0.2, 0.25) is 5.82 Å². The van der Waals surface area contributed by atoms with Crippen molar-refractivity contribution in [2.45, 2.75) is 39.3 Å². The quantitative estimate of drug-likeness (QED) is 0.579. The van der Waals surface area contributed by atoms with Gasteiger partial charge in [0, 0.05) is 11.1 Å². The molecule has 0 aliphatic heterocycles. The Hall–Kier alpha value is -2.71. The molecule has 1 N–H and O–H groups in total. The van der Waals surface area contributed by atoms with E-state index in [9.17, 15) is 9.90 Å². The zero-order chi connectivity index (χ0) is 19.5. The summed E-state index contributed by atoms with van der Waals surface area (Å²) in [4.78, 5) is 21.8. The number of imidazole rings is 1. The summed E-state index contributed by atoms with van der Waals surface area (Å²) in [5.74, 6) is 0.200. The first-order valence-electron chi connectivity index (χ1n) is 8.46. The van der Waals surface area contributed by atoms with Gasteiger partial charge < -0.3 is 14.2 Å². The first-order chi connectivity index (χ1) is 12.7. The van der Waals surface area contributed by atoms with Gasteiger partial charge in [0.05, 0.1) is 11.0 Å². The van der Waals surface area contributed by atoms with Gasteiger partial charge in [-0.25, -0.2) is 4.98 Å². The van der Waals surface area contributed by atoms with Crippen molar-refractivity contribution in [1.29, 1.82) is 0 Å². The van der Waals surface area contributed by atoms with Gasteiger partial charge >= 0.3 is 0 Å². The van der Waals surface area contributed by atoms with Crippen LogP contribution in [0, 0.1) is 0 Å². The number of benzene rings is 1. The summed E-state index contributed by atoms with van der Waals surface area (Å²) in [7, 11) is 0. The lowest BCUT2D eigenvalue weighted by molar-refractivity contribution is 0.0420. The molecule has 4 aromatic rings. The standard InChI is InChI=1S/C18H18ClN5O3/c1-9(2)24-12-7-10(19)5-6-11(12)23-8-20-13(14(23)16(24)25)15-21-17(27-22-15)18(3,4)26/h5-9,26H,1-4H3. The number of nitrogens with zero attached hydrogens (tertiary/aromatic N) is 5. The third-order valence-electron chi connectivity index (χ3n) is 4.32. The van der Waals surface area contributed by atoms with Gasteiger partial charge in [-0.3, -0.25) is 9.20 Å². The number of hydrogen-bond acceptors (Lipinski definition) is 6. The van der Waals surface area contributed by atoms with E-state index < -0.39 is 5.60 Å². The predicted molar refractivity (Wildman–Crippen MR) is 101 cm³/mol. The van der Waals surface area contributed by atoms with Crippen LogP contribution < -0.4 is 5.56 Å². The molecule has 0 unspecified atom stereocenters. The summed E-state index contributed by atoms with van der Waals surface area (Å²) in [5.41, 5.74) is 0.605. The van der Waals surface area contributed by atoms with E-state index >= 15 is 0 Å². The van der Waals surface area contributed by atoms with Crippen LogP contribution in [0.4, 0.5) is 0 Å². The third-order valence-corrected chi connectivity index (χ3v) is 4.56. The summed E-state index contributed by atoms with van der Waals surface area (Å²) < 4.78 is 8.50. The van der Waals surface area contributed by atoms with Crippen molar-refractivity contribution in [3.05, 3.63) is 45.8 Å². The Labute approximate surface area is 159 Å². The Morgan fingerprint density at radius 3 is 2.63 bits per heavy atom. The number of aliphatic hydroxyl groups is 1. The Bertz CT molecular complexity index is 1230. The second-order valence-corrected chi connectivity index (χ2v) is 7.63. The molecule has 0 saturated heterocycles. The first kappa shape index (κ1) is 17.7. The largest absolute Gasteiger partial charge is 0.381 e. The molecule has 1 aromatic carbocycles. The zero-order valence-corrected chi connectivity index (χ0v) is 16.0. The van der Waals surface area contributed by atoms with Gasteiger partial charge in [-0.15, -0.1) is 0 Å². The highest BCUT2D eigenvalue weighted by Crippen LogP contribution is 2.27. The lowest BCUT2D eigenvalue weighted by Gasteiger charge is -2.15. The van der Waals surface area contributed by atoms with Gasteiger partial charge in [-0.2, -0.15) is 4.98 Å². The predicted octanol–water partition coefficient (Wildman–Crippen LogP) is 3.16. The van der Waals surface area contributed by atoms with Crippen LogP contribution in [0.3, 0.4) is 0 Å². The van der Waals surface area contributed by atoms with Crippen LogP contribution in [0.1, 0.15) is 39.6 Å². The Balaban J connectivity index is 2.09. The molecule has 4 rings (SSSR count). The smallest absolute Gasteiger partial charge is 0.278 e. The number of hydrogen-bond donors (Lipinski definition) is 1. The fourth-order valence-electron chi connectivity index (χ4n) is 3.10. The molecule has 140 valence electrons. The highest BCUT2D eigenvalue weighted by atomic mass is 35.5. The molecule has 0 saturated carbocycles. The Kier molecular flexibility index (Phi) is 3.87. The van der Waals surface area contributed by atoms with E-state index in [1.165, 1.54) is 0 Å². The zero-order valence-electron chi connectivity index (χ0n) is 15.3. The van der Waals surface area contributed by atoms with Crippen LogP contribution in [-0.4, -0.2) is 29.2 Å². The maximum atomic E-state index is 13.3. The fraction of sp³-hybridized carbons (Fsp3) is 0.333. The van der Waals surface area contributed by atoms with Crippen LogP contribution in [0.5, 0.6) is 0 Å². The molecular formula is C18H18ClN5O3. The van der Waals surface area contributed by atoms with Gasteiger partial charge in [0.25, 0.3) is 11.4 Å². The maximum Gasteiger partial charge on any atom is 0.278 e. The maximum absolute atomic E-state index is 13.3. The highest BCUT2D eigenvalue weighted by Gasteiger charge is 2.27. The molecular weight excluding hydrogens is 370 g/mol. The minimum Gasteiger partial charge on any atom is -0.381 e. The van der Waals surface area contributed by atoms with Crippen LogP contribution >= 0.6 is 11.6 Å². The minimum atomic E-state index is -1.29. The number of aromatic nitrogens is 5. The number of rotatable bonds is 3.